The molecule has 0 unspecified atom stereocenters. The number of hydrogen-bond donors (Lipinski definition) is 1. The summed E-state index contributed by atoms with van der Waals surface area (Å²) in [6.07, 6.45) is 0.611. The first-order valence-electron chi connectivity index (χ1n) is 5.04. The van der Waals surface area contributed by atoms with Crippen molar-refractivity contribution in [3.63, 3.8) is 0 Å². The summed E-state index contributed by atoms with van der Waals surface area (Å²) in [6, 6.07) is 9.21. The summed E-state index contributed by atoms with van der Waals surface area (Å²) in [6.45, 7) is 2.02. The number of nitrogens with zero attached hydrogens (tertiary/aromatic N) is 1. The number of benzene rings is 1. The van der Waals surface area contributed by atoms with Gasteiger partial charge in [-0.05, 0) is 12.0 Å². The van der Waals surface area contributed by atoms with E-state index >= 15 is 0 Å². The van der Waals surface area contributed by atoms with Crippen LogP contribution in [0.4, 0.5) is 0 Å². The molecular weight excluding hydrogens is 190 g/mol. The van der Waals surface area contributed by atoms with Crippen molar-refractivity contribution in [1.82, 2.24) is 0 Å². The summed E-state index contributed by atoms with van der Waals surface area (Å²) in [5.41, 5.74) is 1.96. The van der Waals surface area contributed by atoms with Gasteiger partial charge in [0.2, 0.25) is 0 Å². The van der Waals surface area contributed by atoms with Crippen molar-refractivity contribution >= 4 is 11.7 Å². The lowest BCUT2D eigenvalue weighted by Gasteiger charge is -2.05. The average molecular weight is 203 g/mol. The van der Waals surface area contributed by atoms with Gasteiger partial charge in [-0.1, -0.05) is 37.3 Å². The molecule has 3 nitrogen and oxygen atoms in total. The predicted molar refractivity (Wildman–Crippen MR) is 58.2 cm³/mol. The minimum absolute atomic E-state index is 0.230. The molecule has 1 aliphatic rings. The Labute approximate surface area is 88.5 Å². The molecule has 78 valence electrons. The number of carboxylic acids is 1. The van der Waals surface area contributed by atoms with Crippen molar-refractivity contribution in [3.8, 4) is 0 Å². The van der Waals surface area contributed by atoms with Gasteiger partial charge < -0.3 is 5.11 Å². The Kier molecular flexibility index (Phi) is 2.54. The molecule has 2 rings (SSSR count). The van der Waals surface area contributed by atoms with Gasteiger partial charge in [0.1, 0.15) is 6.04 Å². The molecule has 1 aliphatic heterocycles. The highest BCUT2D eigenvalue weighted by molar-refractivity contribution is 6.04. The van der Waals surface area contributed by atoms with Gasteiger partial charge in [0, 0.05) is 11.6 Å². The van der Waals surface area contributed by atoms with Crippen LogP contribution in [0.2, 0.25) is 0 Å². The minimum atomic E-state index is -0.826. The highest BCUT2D eigenvalue weighted by Gasteiger charge is 2.29. The fourth-order valence-corrected chi connectivity index (χ4v) is 1.92. The Balaban J connectivity index is 2.30. The molecule has 1 aromatic carbocycles. The molecular formula is C12H13NO2. The van der Waals surface area contributed by atoms with E-state index in [4.69, 9.17) is 5.11 Å². The van der Waals surface area contributed by atoms with E-state index in [1.165, 1.54) is 0 Å². The van der Waals surface area contributed by atoms with Gasteiger partial charge in [0.25, 0.3) is 0 Å². The van der Waals surface area contributed by atoms with Gasteiger partial charge >= 0.3 is 5.97 Å². The lowest BCUT2D eigenvalue weighted by atomic mass is 9.97. The summed E-state index contributed by atoms with van der Waals surface area (Å²) < 4.78 is 0. The number of aliphatic carboxylic acids is 1. The third-order valence-electron chi connectivity index (χ3n) is 2.69. The van der Waals surface area contributed by atoms with Gasteiger partial charge in [-0.15, -0.1) is 0 Å². The van der Waals surface area contributed by atoms with E-state index in [1.54, 1.807) is 0 Å². The molecule has 1 aromatic rings. The van der Waals surface area contributed by atoms with Crippen LogP contribution in [0.3, 0.4) is 0 Å². The smallest absolute Gasteiger partial charge is 0.328 e. The Morgan fingerprint density at radius 2 is 2.07 bits per heavy atom. The van der Waals surface area contributed by atoms with Crippen molar-refractivity contribution in [1.29, 1.82) is 0 Å². The second-order valence-corrected chi connectivity index (χ2v) is 3.87. The highest BCUT2D eigenvalue weighted by atomic mass is 16.4. The Bertz CT molecular complexity index is 397. The predicted octanol–water partition coefficient (Wildman–Crippen LogP) is 1.97. The average Bonchev–Trinajstić information content (AvgIpc) is 2.62. The lowest BCUT2D eigenvalue weighted by molar-refractivity contribution is -0.138. The molecule has 0 aromatic heterocycles. The zero-order chi connectivity index (χ0) is 10.8. The van der Waals surface area contributed by atoms with Gasteiger partial charge in [0.15, 0.2) is 0 Å². The standard InChI is InChI=1S/C12H13NO2/c1-8-7-10(12(14)15)13-11(8)9-5-3-2-4-6-9/h2-6,8,10H,7H2,1H3,(H,14,15)/t8-,10+/m0/s1. The zero-order valence-electron chi connectivity index (χ0n) is 8.55. The van der Waals surface area contributed by atoms with Crippen LogP contribution in [0.5, 0.6) is 0 Å². The largest absolute Gasteiger partial charge is 0.480 e. The Morgan fingerprint density at radius 1 is 1.40 bits per heavy atom. The van der Waals surface area contributed by atoms with E-state index in [0.29, 0.717) is 6.42 Å². The molecule has 0 aliphatic carbocycles. The second-order valence-electron chi connectivity index (χ2n) is 3.87. The molecule has 1 N–H and O–H groups in total. The third kappa shape index (κ3) is 1.91. The maximum atomic E-state index is 10.8. The Hall–Kier alpha value is -1.64. The number of hydrogen-bond acceptors (Lipinski definition) is 2. The molecule has 0 saturated carbocycles. The maximum absolute atomic E-state index is 10.8. The van der Waals surface area contributed by atoms with Crippen LogP contribution >= 0.6 is 0 Å². The van der Waals surface area contributed by atoms with E-state index in [1.807, 2.05) is 37.3 Å². The highest BCUT2D eigenvalue weighted by Crippen LogP contribution is 2.24. The van der Waals surface area contributed by atoms with Gasteiger partial charge in [-0.3, -0.25) is 4.99 Å². The molecule has 0 spiro atoms. The van der Waals surface area contributed by atoms with E-state index < -0.39 is 12.0 Å². The summed E-state index contributed by atoms with van der Waals surface area (Å²) in [4.78, 5) is 15.1. The van der Waals surface area contributed by atoms with Gasteiger partial charge in [0.05, 0.1) is 0 Å². The summed E-state index contributed by atoms with van der Waals surface area (Å²) in [5.74, 6) is -0.596. The number of aliphatic imine (C=N–C) groups is 1. The van der Waals surface area contributed by atoms with Crippen LogP contribution in [0.25, 0.3) is 0 Å². The molecule has 0 fully saturated rings. The quantitative estimate of drug-likeness (QED) is 0.798. The van der Waals surface area contributed by atoms with Crippen molar-refractivity contribution in [2.24, 2.45) is 10.9 Å². The molecule has 0 amide bonds. The lowest BCUT2D eigenvalue weighted by Crippen LogP contribution is -2.15. The van der Waals surface area contributed by atoms with Crippen molar-refractivity contribution in [2.75, 3.05) is 0 Å². The first kappa shape index (κ1) is 9.90. The minimum Gasteiger partial charge on any atom is -0.480 e. The fraction of sp³-hybridized carbons (Fsp3) is 0.333. The monoisotopic (exact) mass is 203 g/mol. The van der Waals surface area contributed by atoms with Crippen molar-refractivity contribution < 1.29 is 9.90 Å². The molecule has 3 heteroatoms. The van der Waals surface area contributed by atoms with E-state index in [2.05, 4.69) is 4.99 Å². The second kappa shape index (κ2) is 3.85. The van der Waals surface area contributed by atoms with Crippen molar-refractivity contribution in [3.05, 3.63) is 35.9 Å². The number of carboxylic acid groups (broad SMARTS) is 1. The fourth-order valence-electron chi connectivity index (χ4n) is 1.92. The zero-order valence-corrected chi connectivity index (χ0v) is 8.55. The topological polar surface area (TPSA) is 49.7 Å². The van der Waals surface area contributed by atoms with Crippen LogP contribution in [-0.4, -0.2) is 22.8 Å². The molecule has 0 radical (unpaired) electrons. The number of rotatable bonds is 2. The molecule has 15 heavy (non-hydrogen) atoms. The first-order valence-corrected chi connectivity index (χ1v) is 5.04. The van der Waals surface area contributed by atoms with E-state index in [-0.39, 0.29) is 5.92 Å². The van der Waals surface area contributed by atoms with Crippen LogP contribution in [0.15, 0.2) is 35.3 Å². The van der Waals surface area contributed by atoms with Crippen molar-refractivity contribution in [2.45, 2.75) is 19.4 Å². The van der Waals surface area contributed by atoms with Crippen LogP contribution in [0.1, 0.15) is 18.9 Å². The van der Waals surface area contributed by atoms with Crippen LogP contribution in [0, 0.1) is 5.92 Å². The first-order chi connectivity index (χ1) is 7.18. The molecule has 0 bridgehead atoms. The summed E-state index contributed by atoms with van der Waals surface area (Å²) >= 11 is 0. The molecule has 0 saturated heterocycles. The van der Waals surface area contributed by atoms with Gasteiger partial charge in [-0.2, -0.15) is 0 Å². The molecule has 1 heterocycles. The van der Waals surface area contributed by atoms with Crippen LogP contribution in [-0.2, 0) is 4.79 Å². The Morgan fingerprint density at radius 3 is 2.60 bits per heavy atom. The van der Waals surface area contributed by atoms with Crippen LogP contribution < -0.4 is 0 Å². The SMILES string of the molecule is C[C@H]1C[C@H](C(=O)O)N=C1c1ccccc1. The number of carbonyl (C=O) groups is 1. The third-order valence-corrected chi connectivity index (χ3v) is 2.69. The van der Waals surface area contributed by atoms with Gasteiger partial charge in [-0.25, -0.2) is 4.79 Å². The van der Waals surface area contributed by atoms with E-state index in [9.17, 15) is 4.79 Å². The maximum Gasteiger partial charge on any atom is 0.328 e. The normalized spacial score (nSPS) is 25.0. The molecule has 2 atom stereocenters. The summed E-state index contributed by atoms with van der Waals surface area (Å²) in [5, 5.41) is 8.89. The van der Waals surface area contributed by atoms with E-state index in [0.717, 1.165) is 11.3 Å². The summed E-state index contributed by atoms with van der Waals surface area (Å²) in [7, 11) is 0.